The smallest absolute Gasteiger partial charge is 0.221 e. The lowest BCUT2D eigenvalue weighted by atomic mass is 10.1. The molecule has 1 unspecified atom stereocenters. The van der Waals surface area contributed by atoms with Gasteiger partial charge in [0.15, 0.2) is 0 Å². The van der Waals surface area contributed by atoms with Gasteiger partial charge < -0.3 is 10.4 Å². The highest BCUT2D eigenvalue weighted by Crippen LogP contribution is 2.26. The molecule has 106 valence electrons. The summed E-state index contributed by atoms with van der Waals surface area (Å²) in [6.07, 6.45) is 1.90. The summed E-state index contributed by atoms with van der Waals surface area (Å²) in [5, 5.41) is 12.5. The van der Waals surface area contributed by atoms with Crippen molar-refractivity contribution in [1.29, 1.82) is 0 Å². The highest BCUT2D eigenvalue weighted by Gasteiger charge is 2.10. The molecule has 0 fully saturated rings. The topological polar surface area (TPSA) is 49.3 Å². The van der Waals surface area contributed by atoms with Crippen molar-refractivity contribution >= 4 is 29.3 Å². The molecule has 19 heavy (non-hydrogen) atoms. The zero-order chi connectivity index (χ0) is 14.1. The number of rotatable bonds is 8. The molecule has 2 N–H and O–H groups in total. The zero-order valence-electron chi connectivity index (χ0n) is 11.1. The second-order valence-corrected chi connectivity index (χ2v) is 5.76. The van der Waals surface area contributed by atoms with Crippen LogP contribution >= 0.6 is 23.4 Å². The fourth-order valence-corrected chi connectivity index (χ4v) is 2.84. The number of carbonyl (C=O) groups is 1. The largest absolute Gasteiger partial charge is 0.396 e. The third-order valence-corrected chi connectivity index (χ3v) is 4.28. The maximum absolute atomic E-state index is 11.7. The van der Waals surface area contributed by atoms with Gasteiger partial charge in [0.1, 0.15) is 0 Å². The predicted octanol–water partition coefficient (Wildman–Crippen LogP) is 3.10. The number of benzene rings is 1. The summed E-state index contributed by atoms with van der Waals surface area (Å²) in [4.78, 5) is 12.7. The Labute approximate surface area is 123 Å². The molecule has 0 aliphatic carbocycles. The minimum absolute atomic E-state index is 0.0276. The molecule has 0 saturated heterocycles. The number of hydrogen-bond donors (Lipinski definition) is 2. The Morgan fingerprint density at radius 1 is 1.47 bits per heavy atom. The second kappa shape index (κ2) is 9.23. The Morgan fingerprint density at radius 2 is 2.21 bits per heavy atom. The van der Waals surface area contributed by atoms with Crippen LogP contribution in [0.2, 0.25) is 5.02 Å². The highest BCUT2D eigenvalue weighted by molar-refractivity contribution is 7.99. The van der Waals surface area contributed by atoms with Crippen LogP contribution in [0.5, 0.6) is 0 Å². The summed E-state index contributed by atoms with van der Waals surface area (Å²) in [6, 6.07) is 7.69. The van der Waals surface area contributed by atoms with Gasteiger partial charge in [-0.3, -0.25) is 4.79 Å². The van der Waals surface area contributed by atoms with E-state index < -0.39 is 0 Å². The van der Waals surface area contributed by atoms with Gasteiger partial charge in [-0.1, -0.05) is 30.7 Å². The molecule has 0 aliphatic rings. The number of thioether (sulfide) groups is 1. The van der Waals surface area contributed by atoms with Gasteiger partial charge in [-0.15, -0.1) is 11.8 Å². The Morgan fingerprint density at radius 3 is 2.84 bits per heavy atom. The van der Waals surface area contributed by atoms with Gasteiger partial charge in [0.2, 0.25) is 5.91 Å². The molecule has 0 bridgehead atoms. The normalized spacial score (nSPS) is 12.2. The number of hydrogen-bond acceptors (Lipinski definition) is 3. The SMILES string of the molecule is CCC(CCO)NC(=O)CCSc1ccccc1Cl. The van der Waals surface area contributed by atoms with E-state index in [9.17, 15) is 4.79 Å². The van der Waals surface area contributed by atoms with Crippen LogP contribution < -0.4 is 5.32 Å². The molecule has 0 heterocycles. The molecular weight excluding hydrogens is 282 g/mol. The quantitative estimate of drug-likeness (QED) is 0.725. The Hall–Kier alpha value is -0.710. The van der Waals surface area contributed by atoms with Crippen molar-refractivity contribution in [1.82, 2.24) is 5.32 Å². The summed E-state index contributed by atoms with van der Waals surface area (Å²) < 4.78 is 0. The number of amides is 1. The summed E-state index contributed by atoms with van der Waals surface area (Å²) in [5.41, 5.74) is 0. The molecule has 1 amide bonds. The van der Waals surface area contributed by atoms with Crippen molar-refractivity contribution in [3.05, 3.63) is 29.3 Å². The molecule has 3 nitrogen and oxygen atoms in total. The summed E-state index contributed by atoms with van der Waals surface area (Å²) in [6.45, 7) is 2.10. The molecule has 0 saturated carbocycles. The molecule has 0 aliphatic heterocycles. The van der Waals surface area contributed by atoms with E-state index in [0.717, 1.165) is 16.3 Å². The Kier molecular flexibility index (Phi) is 7.94. The molecule has 1 aromatic rings. The van der Waals surface area contributed by atoms with Gasteiger partial charge in [0.25, 0.3) is 0 Å². The van der Waals surface area contributed by atoms with Crippen LogP contribution in [0.15, 0.2) is 29.2 Å². The van der Waals surface area contributed by atoms with Crippen LogP contribution in [-0.4, -0.2) is 29.4 Å². The fraction of sp³-hybridized carbons (Fsp3) is 0.500. The standard InChI is InChI=1S/C14H20ClNO2S/c1-2-11(7-9-17)16-14(18)8-10-19-13-6-4-3-5-12(13)15/h3-6,11,17H,2,7-10H2,1H3,(H,16,18). The first-order valence-corrected chi connectivity index (χ1v) is 7.81. The van der Waals surface area contributed by atoms with Gasteiger partial charge >= 0.3 is 0 Å². The minimum atomic E-state index is 0.0276. The first kappa shape index (κ1) is 16.3. The molecule has 0 spiro atoms. The average Bonchev–Trinajstić information content (AvgIpc) is 2.40. The van der Waals surface area contributed by atoms with Gasteiger partial charge in [-0.05, 0) is 25.0 Å². The lowest BCUT2D eigenvalue weighted by Crippen LogP contribution is -2.35. The van der Waals surface area contributed by atoms with Crippen molar-refractivity contribution in [2.75, 3.05) is 12.4 Å². The van der Waals surface area contributed by atoms with Crippen LogP contribution in [0, 0.1) is 0 Å². The zero-order valence-corrected chi connectivity index (χ0v) is 12.6. The molecule has 1 rings (SSSR count). The van der Waals surface area contributed by atoms with Crippen LogP contribution in [0.4, 0.5) is 0 Å². The fourth-order valence-electron chi connectivity index (χ4n) is 1.65. The van der Waals surface area contributed by atoms with E-state index in [1.54, 1.807) is 11.8 Å². The number of carbonyl (C=O) groups excluding carboxylic acids is 1. The van der Waals surface area contributed by atoms with Gasteiger partial charge in [0, 0.05) is 29.7 Å². The van der Waals surface area contributed by atoms with Crippen LogP contribution in [-0.2, 0) is 4.79 Å². The maximum atomic E-state index is 11.7. The minimum Gasteiger partial charge on any atom is -0.396 e. The summed E-state index contributed by atoms with van der Waals surface area (Å²) in [5.74, 6) is 0.727. The average molecular weight is 302 g/mol. The predicted molar refractivity (Wildman–Crippen MR) is 80.7 cm³/mol. The van der Waals surface area contributed by atoms with Gasteiger partial charge in [0.05, 0.1) is 5.02 Å². The van der Waals surface area contributed by atoms with E-state index in [1.807, 2.05) is 31.2 Å². The molecular formula is C14H20ClNO2S. The molecule has 5 heteroatoms. The van der Waals surface area contributed by atoms with E-state index >= 15 is 0 Å². The van der Waals surface area contributed by atoms with Crippen LogP contribution in [0.25, 0.3) is 0 Å². The molecule has 1 atom stereocenters. The molecule has 0 aromatic heterocycles. The summed E-state index contributed by atoms with van der Waals surface area (Å²) in [7, 11) is 0. The van der Waals surface area contributed by atoms with E-state index in [-0.39, 0.29) is 18.6 Å². The summed E-state index contributed by atoms with van der Waals surface area (Å²) >= 11 is 7.62. The number of halogens is 1. The van der Waals surface area contributed by atoms with Crippen molar-refractivity contribution < 1.29 is 9.90 Å². The Bertz CT molecular complexity index is 401. The lowest BCUT2D eigenvalue weighted by Gasteiger charge is -2.15. The highest BCUT2D eigenvalue weighted by atomic mass is 35.5. The van der Waals surface area contributed by atoms with Crippen molar-refractivity contribution in [2.45, 2.75) is 37.1 Å². The molecule has 0 radical (unpaired) electrons. The third kappa shape index (κ3) is 6.32. The van der Waals surface area contributed by atoms with Crippen LogP contribution in [0.1, 0.15) is 26.2 Å². The van der Waals surface area contributed by atoms with Crippen molar-refractivity contribution in [2.24, 2.45) is 0 Å². The number of aliphatic hydroxyl groups is 1. The van der Waals surface area contributed by atoms with Crippen molar-refractivity contribution in [3.8, 4) is 0 Å². The van der Waals surface area contributed by atoms with E-state index in [1.165, 1.54) is 0 Å². The van der Waals surface area contributed by atoms with Gasteiger partial charge in [-0.25, -0.2) is 0 Å². The number of aliphatic hydroxyl groups excluding tert-OH is 1. The second-order valence-electron chi connectivity index (χ2n) is 4.21. The van der Waals surface area contributed by atoms with E-state index in [4.69, 9.17) is 16.7 Å². The first-order chi connectivity index (χ1) is 9.17. The monoisotopic (exact) mass is 301 g/mol. The molecule has 1 aromatic carbocycles. The Balaban J connectivity index is 2.29. The van der Waals surface area contributed by atoms with E-state index in [0.29, 0.717) is 18.6 Å². The third-order valence-electron chi connectivity index (χ3n) is 2.76. The first-order valence-electron chi connectivity index (χ1n) is 6.45. The lowest BCUT2D eigenvalue weighted by molar-refractivity contribution is -0.121. The van der Waals surface area contributed by atoms with Crippen molar-refractivity contribution in [3.63, 3.8) is 0 Å². The maximum Gasteiger partial charge on any atom is 0.221 e. The number of nitrogens with one attached hydrogen (secondary N) is 1. The van der Waals surface area contributed by atoms with E-state index in [2.05, 4.69) is 5.32 Å². The van der Waals surface area contributed by atoms with Gasteiger partial charge in [-0.2, -0.15) is 0 Å². The van der Waals surface area contributed by atoms with Crippen LogP contribution in [0.3, 0.4) is 0 Å².